The Morgan fingerprint density at radius 2 is 0.765 bits per heavy atom. The first-order valence-corrected chi connectivity index (χ1v) is 12.1. The first-order valence-electron chi connectivity index (χ1n) is 6.38. The molecule has 104 valence electrons. The molecule has 0 spiro atoms. The van der Waals surface area contributed by atoms with Crippen LogP contribution in [0.3, 0.4) is 0 Å². The molecule has 17 heavy (non-hydrogen) atoms. The van der Waals surface area contributed by atoms with Gasteiger partial charge < -0.3 is 4.31 Å². The van der Waals surface area contributed by atoms with Gasteiger partial charge in [-0.15, -0.1) is 0 Å². The Hall–Kier alpha value is 1.26. The highest BCUT2D eigenvalue weighted by Gasteiger charge is 2.36. The van der Waals surface area contributed by atoms with E-state index in [0.717, 1.165) is 0 Å². The summed E-state index contributed by atoms with van der Waals surface area (Å²) in [5.74, 6) is 0. The van der Waals surface area contributed by atoms with Crippen molar-refractivity contribution in [3.8, 4) is 0 Å². The summed E-state index contributed by atoms with van der Waals surface area (Å²) in [6.45, 7) is 17.5. The SMILES string of the molecule is CC(C)P(=S)(OP(=S)(C(C)C)C(C)C)C(C)C. The molecule has 5 heteroatoms. The molecule has 0 saturated heterocycles. The van der Waals surface area contributed by atoms with Crippen LogP contribution in [0.1, 0.15) is 55.4 Å². The maximum absolute atomic E-state index is 6.52. The van der Waals surface area contributed by atoms with Crippen molar-refractivity contribution >= 4 is 36.1 Å². The van der Waals surface area contributed by atoms with Crippen molar-refractivity contribution in [2.75, 3.05) is 0 Å². The maximum atomic E-state index is 6.52. The molecule has 0 radical (unpaired) electrons. The Bertz CT molecular complexity index is 279. The monoisotopic (exact) mass is 314 g/mol. The molecule has 0 N–H and O–H groups in total. The second-order valence-electron chi connectivity index (χ2n) is 5.75. The standard InChI is InChI=1S/C12H28OP2S2/c1-9(2)14(16,10(3)4)13-15(17,11(5)6)12(7)8/h9-12H,1-8H3. The van der Waals surface area contributed by atoms with Gasteiger partial charge in [0.1, 0.15) is 0 Å². The molecular formula is C12H28OP2S2. The van der Waals surface area contributed by atoms with Gasteiger partial charge in [-0.1, -0.05) is 79.0 Å². The fraction of sp³-hybridized carbons (Fsp3) is 1.00. The normalized spacial score (nSPS) is 14.4. The van der Waals surface area contributed by atoms with Crippen molar-refractivity contribution in [2.45, 2.75) is 78.0 Å². The lowest BCUT2D eigenvalue weighted by Crippen LogP contribution is -2.16. The predicted molar refractivity (Wildman–Crippen MR) is 90.2 cm³/mol. The van der Waals surface area contributed by atoms with Gasteiger partial charge in [0.05, 0.1) is 12.5 Å². The quantitative estimate of drug-likeness (QED) is 0.605. The molecule has 0 bridgehead atoms. The smallest absolute Gasteiger partial charge is 0.0777 e. The topological polar surface area (TPSA) is 9.23 Å². The summed E-state index contributed by atoms with van der Waals surface area (Å²) in [6, 6.07) is 0. The largest absolute Gasteiger partial charge is 0.320 e. The molecule has 0 aliphatic heterocycles. The highest BCUT2D eigenvalue weighted by Crippen LogP contribution is 2.71. The highest BCUT2D eigenvalue weighted by atomic mass is 32.5. The molecular weight excluding hydrogens is 286 g/mol. The first-order chi connectivity index (χ1) is 7.48. The average Bonchev–Trinajstić information content (AvgIpc) is 2.15. The predicted octanol–water partition coefficient (Wildman–Crippen LogP) is 5.43. The molecule has 0 aliphatic carbocycles. The van der Waals surface area contributed by atoms with Crippen LogP contribution in [-0.4, -0.2) is 22.6 Å². The summed E-state index contributed by atoms with van der Waals surface area (Å²) in [6.07, 6.45) is -3.63. The van der Waals surface area contributed by atoms with Crippen LogP contribution in [0.4, 0.5) is 0 Å². The van der Waals surface area contributed by atoms with E-state index in [1.54, 1.807) is 0 Å². The minimum absolute atomic E-state index is 0.414. The van der Waals surface area contributed by atoms with Crippen LogP contribution in [0.25, 0.3) is 0 Å². The van der Waals surface area contributed by atoms with Gasteiger partial charge in [-0.2, -0.15) is 0 Å². The summed E-state index contributed by atoms with van der Waals surface area (Å²) >= 11 is 11.8. The Kier molecular flexibility index (Phi) is 7.11. The zero-order chi connectivity index (χ0) is 14.0. The molecule has 1 nitrogen and oxygen atoms in total. The van der Waals surface area contributed by atoms with Gasteiger partial charge in [-0.05, 0) is 0 Å². The summed E-state index contributed by atoms with van der Waals surface area (Å²) < 4.78 is 6.52. The zero-order valence-electron chi connectivity index (χ0n) is 12.4. The van der Waals surface area contributed by atoms with Gasteiger partial charge in [0.15, 0.2) is 0 Å². The second kappa shape index (κ2) is 6.62. The van der Waals surface area contributed by atoms with E-state index in [0.29, 0.717) is 22.6 Å². The Labute approximate surface area is 118 Å². The molecule has 0 atom stereocenters. The molecule has 0 aliphatic rings. The van der Waals surface area contributed by atoms with Crippen molar-refractivity contribution in [3.05, 3.63) is 0 Å². The van der Waals surface area contributed by atoms with Crippen LogP contribution in [0, 0.1) is 0 Å². The Balaban J connectivity index is 5.39. The lowest BCUT2D eigenvalue weighted by molar-refractivity contribution is 0.622. The van der Waals surface area contributed by atoms with Crippen molar-refractivity contribution in [1.82, 2.24) is 0 Å². The van der Waals surface area contributed by atoms with E-state index in [4.69, 9.17) is 27.9 Å². The van der Waals surface area contributed by atoms with Crippen LogP contribution in [0.5, 0.6) is 0 Å². The minimum Gasteiger partial charge on any atom is -0.320 e. The summed E-state index contributed by atoms with van der Waals surface area (Å²) in [4.78, 5) is 0. The number of rotatable bonds is 6. The van der Waals surface area contributed by atoms with Crippen LogP contribution >= 0.6 is 12.5 Å². The van der Waals surface area contributed by atoms with Gasteiger partial charge in [-0.3, -0.25) is 0 Å². The van der Waals surface area contributed by atoms with Gasteiger partial charge >= 0.3 is 0 Å². The molecule has 0 aromatic rings. The number of hydrogen-bond acceptors (Lipinski definition) is 3. The van der Waals surface area contributed by atoms with Crippen LogP contribution < -0.4 is 0 Å². The molecule has 0 heterocycles. The fourth-order valence-electron chi connectivity index (χ4n) is 1.77. The second-order valence-corrected chi connectivity index (χ2v) is 16.5. The fourth-order valence-corrected chi connectivity index (χ4v) is 11.1. The maximum Gasteiger partial charge on any atom is 0.0777 e. The van der Waals surface area contributed by atoms with E-state index >= 15 is 0 Å². The molecule has 0 rings (SSSR count). The van der Waals surface area contributed by atoms with Crippen molar-refractivity contribution in [2.24, 2.45) is 0 Å². The van der Waals surface area contributed by atoms with Gasteiger partial charge in [0, 0.05) is 22.6 Å². The van der Waals surface area contributed by atoms with E-state index in [9.17, 15) is 0 Å². The zero-order valence-corrected chi connectivity index (χ0v) is 15.9. The molecule has 0 unspecified atom stereocenters. The van der Waals surface area contributed by atoms with Gasteiger partial charge in [-0.25, -0.2) is 0 Å². The first kappa shape index (κ1) is 18.3. The van der Waals surface area contributed by atoms with Gasteiger partial charge in [0.2, 0.25) is 0 Å². The third-order valence-electron chi connectivity index (χ3n) is 3.13. The summed E-state index contributed by atoms with van der Waals surface area (Å²) in [5.41, 5.74) is 1.66. The summed E-state index contributed by atoms with van der Waals surface area (Å²) in [7, 11) is 0. The Morgan fingerprint density at radius 3 is 0.882 bits per heavy atom. The van der Waals surface area contributed by atoms with E-state index in [1.807, 2.05) is 0 Å². The van der Waals surface area contributed by atoms with Crippen LogP contribution in [-0.2, 0) is 27.9 Å². The average molecular weight is 314 g/mol. The van der Waals surface area contributed by atoms with Crippen LogP contribution in [0.2, 0.25) is 0 Å². The lowest BCUT2D eigenvalue weighted by atomic mass is 10.5. The van der Waals surface area contributed by atoms with E-state index < -0.39 is 12.5 Å². The summed E-state index contributed by atoms with van der Waals surface area (Å²) in [5, 5.41) is 0. The minimum atomic E-state index is -1.81. The van der Waals surface area contributed by atoms with Crippen molar-refractivity contribution in [3.63, 3.8) is 0 Å². The molecule has 0 aromatic carbocycles. The third-order valence-corrected chi connectivity index (χ3v) is 17.2. The van der Waals surface area contributed by atoms with E-state index in [-0.39, 0.29) is 0 Å². The molecule has 0 saturated carbocycles. The van der Waals surface area contributed by atoms with Crippen molar-refractivity contribution in [1.29, 1.82) is 0 Å². The van der Waals surface area contributed by atoms with Crippen LogP contribution in [0.15, 0.2) is 0 Å². The van der Waals surface area contributed by atoms with E-state index in [1.165, 1.54) is 0 Å². The number of hydrogen-bond donors (Lipinski definition) is 0. The highest BCUT2D eigenvalue weighted by molar-refractivity contribution is 8.20. The van der Waals surface area contributed by atoms with Gasteiger partial charge in [0.25, 0.3) is 0 Å². The molecule has 0 amide bonds. The third kappa shape index (κ3) is 4.11. The molecule has 0 fully saturated rings. The van der Waals surface area contributed by atoms with Crippen molar-refractivity contribution < 1.29 is 4.31 Å². The Morgan fingerprint density at radius 1 is 0.588 bits per heavy atom. The lowest BCUT2D eigenvalue weighted by Gasteiger charge is -2.39. The van der Waals surface area contributed by atoms with E-state index in [2.05, 4.69) is 55.4 Å². The molecule has 0 aromatic heterocycles.